The van der Waals surface area contributed by atoms with E-state index in [0.717, 1.165) is 66.1 Å². The lowest BCUT2D eigenvalue weighted by Crippen LogP contribution is -2.36. The van der Waals surface area contributed by atoms with Gasteiger partial charge in [-0.3, -0.25) is 4.79 Å². The number of fused-ring (bicyclic) bond motifs is 1. The molecule has 3 aromatic rings. The molecule has 1 aliphatic rings. The van der Waals surface area contributed by atoms with E-state index < -0.39 is 0 Å². The molecule has 1 saturated heterocycles. The van der Waals surface area contributed by atoms with Gasteiger partial charge in [-0.15, -0.1) is 0 Å². The number of nitrogens with one attached hydrogen (secondary N) is 1. The van der Waals surface area contributed by atoms with Crippen molar-refractivity contribution < 1.29 is 14.3 Å². The monoisotopic (exact) mass is 433 g/mol. The zero-order valence-corrected chi connectivity index (χ0v) is 18.8. The smallest absolute Gasteiger partial charge is 0.220 e. The number of amides is 1. The number of aromatic nitrogens is 1. The fraction of sp³-hybridized carbons (Fsp3) is 0.385. The third kappa shape index (κ3) is 5.31. The lowest BCUT2D eigenvalue weighted by Gasteiger charge is -2.33. The number of hydrogen-bond donors (Lipinski definition) is 1. The van der Waals surface area contributed by atoms with Crippen LogP contribution in [0.25, 0.3) is 10.9 Å². The highest BCUT2D eigenvalue weighted by Gasteiger charge is 2.22. The molecule has 6 heteroatoms. The van der Waals surface area contributed by atoms with Crippen LogP contribution in [0.1, 0.15) is 31.2 Å². The molecule has 32 heavy (non-hydrogen) atoms. The predicted molar refractivity (Wildman–Crippen MR) is 127 cm³/mol. The summed E-state index contributed by atoms with van der Waals surface area (Å²) in [6, 6.07) is 18.0. The summed E-state index contributed by atoms with van der Waals surface area (Å²) in [7, 11) is 3.33. The van der Waals surface area contributed by atoms with E-state index in [0.29, 0.717) is 18.9 Å². The Balaban J connectivity index is 1.31. The quantitative estimate of drug-likeness (QED) is 0.564. The fourth-order valence-corrected chi connectivity index (χ4v) is 4.37. The van der Waals surface area contributed by atoms with E-state index in [1.807, 2.05) is 36.4 Å². The van der Waals surface area contributed by atoms with E-state index in [1.165, 1.54) is 0 Å². The van der Waals surface area contributed by atoms with Gasteiger partial charge in [-0.05, 0) is 61.1 Å². The van der Waals surface area contributed by atoms with Gasteiger partial charge in [-0.1, -0.05) is 24.3 Å². The Labute approximate surface area is 189 Å². The Kier molecular flexibility index (Phi) is 7.10. The second-order valence-electron chi connectivity index (χ2n) is 8.32. The van der Waals surface area contributed by atoms with E-state index in [4.69, 9.17) is 14.5 Å². The van der Waals surface area contributed by atoms with Gasteiger partial charge in [-0.2, -0.15) is 0 Å². The molecule has 0 bridgehead atoms. The van der Waals surface area contributed by atoms with Gasteiger partial charge >= 0.3 is 0 Å². The number of nitrogens with zero attached hydrogens (tertiary/aromatic N) is 2. The molecule has 1 aliphatic heterocycles. The number of ether oxygens (including phenoxy) is 2. The minimum Gasteiger partial charge on any atom is -0.497 e. The average Bonchev–Trinajstić information content (AvgIpc) is 2.85. The third-order valence-corrected chi connectivity index (χ3v) is 6.13. The second-order valence-corrected chi connectivity index (χ2v) is 8.32. The zero-order chi connectivity index (χ0) is 22.3. The highest BCUT2D eigenvalue weighted by molar-refractivity contribution is 5.86. The van der Waals surface area contributed by atoms with E-state index >= 15 is 0 Å². The van der Waals surface area contributed by atoms with Crippen molar-refractivity contribution in [1.82, 2.24) is 10.3 Å². The van der Waals surface area contributed by atoms with Crippen LogP contribution >= 0.6 is 0 Å². The summed E-state index contributed by atoms with van der Waals surface area (Å²) in [5.74, 6) is 3.17. The minimum atomic E-state index is 0.0958. The van der Waals surface area contributed by atoms with E-state index in [-0.39, 0.29) is 5.91 Å². The van der Waals surface area contributed by atoms with Crippen molar-refractivity contribution in [2.75, 3.05) is 32.2 Å². The van der Waals surface area contributed by atoms with Crippen molar-refractivity contribution in [3.8, 4) is 11.5 Å². The molecular formula is C26H31N3O3. The summed E-state index contributed by atoms with van der Waals surface area (Å²) in [5.41, 5.74) is 1.94. The molecule has 0 aliphatic carbocycles. The summed E-state index contributed by atoms with van der Waals surface area (Å²) in [5, 5.41) is 4.11. The first kappa shape index (κ1) is 21.9. The minimum absolute atomic E-state index is 0.0958. The molecule has 1 fully saturated rings. The van der Waals surface area contributed by atoms with Gasteiger partial charge in [0.05, 0.1) is 14.2 Å². The van der Waals surface area contributed by atoms with Gasteiger partial charge in [0.25, 0.3) is 0 Å². The maximum Gasteiger partial charge on any atom is 0.220 e. The average molecular weight is 434 g/mol. The number of piperidine rings is 1. The molecule has 1 aromatic heterocycles. The Morgan fingerprint density at radius 3 is 2.84 bits per heavy atom. The van der Waals surface area contributed by atoms with Crippen LogP contribution in [0, 0.1) is 5.92 Å². The number of anilines is 1. The second kappa shape index (κ2) is 10.4. The summed E-state index contributed by atoms with van der Waals surface area (Å²) in [6.07, 6.45) is 3.69. The molecular weight excluding hydrogens is 402 g/mol. The van der Waals surface area contributed by atoms with Gasteiger partial charge < -0.3 is 19.7 Å². The summed E-state index contributed by atoms with van der Waals surface area (Å²) in [6.45, 7) is 2.44. The molecule has 0 unspecified atom stereocenters. The lowest BCUT2D eigenvalue weighted by molar-refractivity contribution is -0.121. The zero-order valence-electron chi connectivity index (χ0n) is 18.8. The Bertz CT molecular complexity index is 1070. The van der Waals surface area contributed by atoms with Crippen LogP contribution in [-0.4, -0.2) is 38.2 Å². The first-order chi connectivity index (χ1) is 15.7. The molecule has 1 atom stereocenters. The largest absolute Gasteiger partial charge is 0.497 e. The van der Waals surface area contributed by atoms with Gasteiger partial charge in [0.15, 0.2) is 0 Å². The number of rotatable bonds is 8. The van der Waals surface area contributed by atoms with Crippen molar-refractivity contribution in [2.24, 2.45) is 5.92 Å². The van der Waals surface area contributed by atoms with Gasteiger partial charge in [0.1, 0.15) is 22.8 Å². The van der Waals surface area contributed by atoms with Crippen molar-refractivity contribution in [3.05, 3.63) is 60.2 Å². The molecule has 0 saturated carbocycles. The van der Waals surface area contributed by atoms with E-state index in [9.17, 15) is 4.79 Å². The normalized spacial score (nSPS) is 16.1. The molecule has 2 aromatic carbocycles. The molecule has 2 heterocycles. The Hall–Kier alpha value is -3.28. The number of carbonyl (C=O) groups is 1. The molecule has 0 radical (unpaired) electrons. The van der Waals surface area contributed by atoms with Gasteiger partial charge in [0, 0.05) is 31.4 Å². The highest BCUT2D eigenvalue weighted by atomic mass is 16.5. The van der Waals surface area contributed by atoms with Crippen LogP contribution in [0.4, 0.5) is 5.82 Å². The van der Waals surface area contributed by atoms with Crippen LogP contribution < -0.4 is 19.7 Å². The lowest BCUT2D eigenvalue weighted by atomic mass is 9.93. The van der Waals surface area contributed by atoms with Crippen molar-refractivity contribution in [2.45, 2.75) is 32.2 Å². The topological polar surface area (TPSA) is 63.7 Å². The SMILES string of the molecule is COc1cccc(CNC(=O)CC[C@H]2CCCN(c3ccc4cccc(OC)c4n3)C2)c1. The van der Waals surface area contributed by atoms with Crippen molar-refractivity contribution in [3.63, 3.8) is 0 Å². The van der Waals surface area contributed by atoms with E-state index in [2.05, 4.69) is 28.4 Å². The summed E-state index contributed by atoms with van der Waals surface area (Å²) >= 11 is 0. The summed E-state index contributed by atoms with van der Waals surface area (Å²) < 4.78 is 10.7. The molecule has 168 valence electrons. The van der Waals surface area contributed by atoms with Gasteiger partial charge in [-0.25, -0.2) is 4.98 Å². The molecule has 0 spiro atoms. The Morgan fingerprint density at radius 1 is 1.12 bits per heavy atom. The third-order valence-electron chi connectivity index (χ3n) is 6.13. The van der Waals surface area contributed by atoms with Crippen LogP contribution in [0.5, 0.6) is 11.5 Å². The number of benzene rings is 2. The fourth-order valence-electron chi connectivity index (χ4n) is 4.37. The first-order valence-electron chi connectivity index (χ1n) is 11.2. The van der Waals surface area contributed by atoms with Crippen molar-refractivity contribution in [1.29, 1.82) is 0 Å². The number of pyridine rings is 1. The molecule has 4 rings (SSSR count). The van der Waals surface area contributed by atoms with Crippen LogP contribution in [0.2, 0.25) is 0 Å². The standard InChI is InChI=1S/C26H31N3O3/c1-31-22-9-3-6-20(16-22)17-27-25(30)14-11-19-7-5-15-29(18-19)24-13-12-21-8-4-10-23(32-2)26(21)28-24/h3-4,6,8-10,12-13,16,19H,5,7,11,14-15,17-18H2,1-2H3,(H,27,30)/t19-/m1/s1. The number of para-hydroxylation sites is 1. The van der Waals surface area contributed by atoms with Crippen LogP contribution in [0.3, 0.4) is 0 Å². The predicted octanol–water partition coefficient (Wildman–Crippen LogP) is 4.57. The maximum absolute atomic E-state index is 12.4. The number of hydrogen-bond acceptors (Lipinski definition) is 5. The highest BCUT2D eigenvalue weighted by Crippen LogP contribution is 2.29. The first-order valence-corrected chi connectivity index (χ1v) is 11.2. The van der Waals surface area contributed by atoms with E-state index in [1.54, 1.807) is 14.2 Å². The van der Waals surface area contributed by atoms with Crippen LogP contribution in [-0.2, 0) is 11.3 Å². The molecule has 6 nitrogen and oxygen atoms in total. The van der Waals surface area contributed by atoms with Crippen molar-refractivity contribution >= 4 is 22.6 Å². The van der Waals surface area contributed by atoms with Gasteiger partial charge in [0.2, 0.25) is 5.91 Å². The molecule has 1 N–H and O–H groups in total. The maximum atomic E-state index is 12.4. The Morgan fingerprint density at radius 2 is 2.00 bits per heavy atom. The summed E-state index contributed by atoms with van der Waals surface area (Å²) in [4.78, 5) is 19.6. The number of methoxy groups -OCH3 is 2. The van der Waals surface area contributed by atoms with Crippen LogP contribution in [0.15, 0.2) is 54.6 Å². The molecule has 1 amide bonds. The number of carbonyl (C=O) groups excluding carboxylic acids is 1.